The number of aryl methyl sites for hydroxylation is 2. The van der Waals surface area contributed by atoms with Gasteiger partial charge in [0.2, 0.25) is 0 Å². The second-order valence-corrected chi connectivity index (χ2v) is 7.48. The van der Waals surface area contributed by atoms with Crippen LogP contribution in [-0.2, 0) is 0 Å². The average molecular weight is 326 g/mol. The zero-order valence-electron chi connectivity index (χ0n) is 14.2. The first-order chi connectivity index (χ1) is 11.0. The molecule has 0 fully saturated rings. The lowest BCUT2D eigenvalue weighted by molar-refractivity contribution is 0.559. The van der Waals surface area contributed by atoms with Crippen LogP contribution in [0.3, 0.4) is 0 Å². The van der Waals surface area contributed by atoms with Crippen molar-refractivity contribution in [3.63, 3.8) is 0 Å². The number of rotatable bonds is 4. The average Bonchev–Trinajstić information content (AvgIpc) is 2.83. The SMILES string of the molecule is Cc1sc2nc(-c3cccnc3)nc(N[C@@H](C)C(C)C)c2c1C. The number of anilines is 1. The van der Waals surface area contributed by atoms with E-state index in [1.54, 1.807) is 17.5 Å². The Morgan fingerprint density at radius 2 is 1.91 bits per heavy atom. The maximum atomic E-state index is 4.81. The van der Waals surface area contributed by atoms with Crippen molar-refractivity contribution in [2.24, 2.45) is 5.92 Å². The van der Waals surface area contributed by atoms with Crippen LogP contribution in [-0.4, -0.2) is 21.0 Å². The van der Waals surface area contributed by atoms with Crippen LogP contribution >= 0.6 is 11.3 Å². The van der Waals surface area contributed by atoms with Crippen LogP contribution in [0, 0.1) is 19.8 Å². The van der Waals surface area contributed by atoms with Gasteiger partial charge in [0.15, 0.2) is 5.82 Å². The summed E-state index contributed by atoms with van der Waals surface area (Å²) in [6, 6.07) is 4.25. The molecule has 3 aromatic heterocycles. The second-order valence-electron chi connectivity index (χ2n) is 6.28. The van der Waals surface area contributed by atoms with Gasteiger partial charge in [0, 0.05) is 28.9 Å². The number of pyridine rings is 1. The molecule has 3 rings (SSSR count). The largest absolute Gasteiger partial charge is 0.367 e. The van der Waals surface area contributed by atoms with Crippen molar-refractivity contribution in [3.8, 4) is 11.4 Å². The van der Waals surface area contributed by atoms with E-state index in [1.165, 1.54) is 10.4 Å². The third-order valence-electron chi connectivity index (χ3n) is 4.31. The number of thiophene rings is 1. The van der Waals surface area contributed by atoms with Crippen molar-refractivity contribution in [3.05, 3.63) is 35.0 Å². The van der Waals surface area contributed by atoms with Gasteiger partial charge in [0.25, 0.3) is 0 Å². The predicted molar refractivity (Wildman–Crippen MR) is 98.0 cm³/mol. The molecule has 0 saturated heterocycles. The van der Waals surface area contributed by atoms with Crippen molar-refractivity contribution >= 4 is 27.4 Å². The summed E-state index contributed by atoms with van der Waals surface area (Å²) >= 11 is 1.73. The zero-order valence-corrected chi connectivity index (χ0v) is 15.0. The number of nitrogens with zero attached hydrogens (tertiary/aromatic N) is 3. The molecular formula is C18H22N4S. The van der Waals surface area contributed by atoms with Gasteiger partial charge in [-0.15, -0.1) is 11.3 Å². The molecule has 1 N–H and O–H groups in total. The summed E-state index contributed by atoms with van der Waals surface area (Å²) in [4.78, 5) is 16.1. The molecular weight excluding hydrogens is 304 g/mol. The topological polar surface area (TPSA) is 50.7 Å². The summed E-state index contributed by atoms with van der Waals surface area (Å²) in [5.41, 5.74) is 2.21. The summed E-state index contributed by atoms with van der Waals surface area (Å²) in [5.74, 6) is 2.18. The summed E-state index contributed by atoms with van der Waals surface area (Å²) in [6.07, 6.45) is 3.58. The molecule has 0 aliphatic heterocycles. The van der Waals surface area contributed by atoms with E-state index < -0.39 is 0 Å². The molecule has 3 aromatic rings. The van der Waals surface area contributed by atoms with E-state index in [1.807, 2.05) is 18.3 Å². The quantitative estimate of drug-likeness (QED) is 0.746. The Labute approximate surface area is 141 Å². The molecule has 0 amide bonds. The van der Waals surface area contributed by atoms with Crippen LogP contribution in [0.4, 0.5) is 5.82 Å². The lowest BCUT2D eigenvalue weighted by Gasteiger charge is -2.19. The molecule has 0 aliphatic rings. The van der Waals surface area contributed by atoms with E-state index in [0.717, 1.165) is 27.4 Å². The Kier molecular flexibility index (Phi) is 4.31. The molecule has 0 aliphatic carbocycles. The van der Waals surface area contributed by atoms with Crippen molar-refractivity contribution in [2.45, 2.75) is 40.7 Å². The molecule has 5 heteroatoms. The molecule has 23 heavy (non-hydrogen) atoms. The van der Waals surface area contributed by atoms with Crippen LogP contribution in [0.2, 0.25) is 0 Å². The highest BCUT2D eigenvalue weighted by molar-refractivity contribution is 7.18. The maximum Gasteiger partial charge on any atom is 0.164 e. The first kappa shape index (κ1) is 15.9. The van der Waals surface area contributed by atoms with Crippen LogP contribution in [0.1, 0.15) is 31.2 Å². The molecule has 0 saturated carbocycles. The predicted octanol–water partition coefficient (Wildman–Crippen LogP) is 4.83. The fraction of sp³-hybridized carbons (Fsp3) is 0.389. The zero-order chi connectivity index (χ0) is 16.6. The van der Waals surface area contributed by atoms with Crippen LogP contribution in [0.25, 0.3) is 21.6 Å². The number of fused-ring (bicyclic) bond motifs is 1. The molecule has 120 valence electrons. The van der Waals surface area contributed by atoms with Gasteiger partial charge >= 0.3 is 0 Å². The fourth-order valence-corrected chi connectivity index (χ4v) is 3.39. The molecule has 0 spiro atoms. The van der Waals surface area contributed by atoms with Crippen molar-refractivity contribution in [1.82, 2.24) is 15.0 Å². The van der Waals surface area contributed by atoms with Gasteiger partial charge in [-0.05, 0) is 44.4 Å². The minimum atomic E-state index is 0.342. The third-order valence-corrected chi connectivity index (χ3v) is 5.41. The van der Waals surface area contributed by atoms with Gasteiger partial charge in [0.05, 0.1) is 5.39 Å². The number of aromatic nitrogens is 3. The van der Waals surface area contributed by atoms with Crippen LogP contribution < -0.4 is 5.32 Å². The minimum Gasteiger partial charge on any atom is -0.367 e. The minimum absolute atomic E-state index is 0.342. The molecule has 3 heterocycles. The van der Waals surface area contributed by atoms with Gasteiger partial charge in [0.1, 0.15) is 10.6 Å². The highest BCUT2D eigenvalue weighted by Crippen LogP contribution is 2.35. The van der Waals surface area contributed by atoms with E-state index in [0.29, 0.717) is 12.0 Å². The van der Waals surface area contributed by atoms with E-state index >= 15 is 0 Å². The lowest BCUT2D eigenvalue weighted by atomic mass is 10.1. The van der Waals surface area contributed by atoms with Gasteiger partial charge in [-0.1, -0.05) is 13.8 Å². The Balaban J connectivity index is 2.18. The van der Waals surface area contributed by atoms with Crippen molar-refractivity contribution in [1.29, 1.82) is 0 Å². The maximum absolute atomic E-state index is 4.81. The standard InChI is InChI=1S/C18H22N4S/c1-10(2)12(4)20-17-15-11(3)13(5)23-18(15)22-16(21-17)14-7-6-8-19-9-14/h6-10,12H,1-5H3,(H,20,21,22)/t12-/m0/s1. The Morgan fingerprint density at radius 1 is 1.13 bits per heavy atom. The number of nitrogens with one attached hydrogen (secondary N) is 1. The van der Waals surface area contributed by atoms with Gasteiger partial charge in [-0.2, -0.15) is 0 Å². The van der Waals surface area contributed by atoms with E-state index in [4.69, 9.17) is 9.97 Å². The van der Waals surface area contributed by atoms with E-state index in [2.05, 4.69) is 44.9 Å². The number of hydrogen-bond acceptors (Lipinski definition) is 5. The Morgan fingerprint density at radius 3 is 2.57 bits per heavy atom. The molecule has 0 radical (unpaired) electrons. The summed E-state index contributed by atoms with van der Waals surface area (Å²) < 4.78 is 0. The summed E-state index contributed by atoms with van der Waals surface area (Å²) in [6.45, 7) is 10.9. The van der Waals surface area contributed by atoms with E-state index in [9.17, 15) is 0 Å². The second kappa shape index (κ2) is 6.24. The Hall–Kier alpha value is -2.01. The summed E-state index contributed by atoms with van der Waals surface area (Å²) in [5, 5.41) is 4.73. The van der Waals surface area contributed by atoms with E-state index in [-0.39, 0.29) is 0 Å². The molecule has 0 aromatic carbocycles. The number of hydrogen-bond donors (Lipinski definition) is 1. The first-order valence-electron chi connectivity index (χ1n) is 7.92. The molecule has 0 unspecified atom stereocenters. The smallest absolute Gasteiger partial charge is 0.164 e. The third kappa shape index (κ3) is 3.06. The molecule has 0 bridgehead atoms. The lowest BCUT2D eigenvalue weighted by Crippen LogP contribution is -2.22. The normalized spacial score (nSPS) is 12.8. The van der Waals surface area contributed by atoms with Crippen molar-refractivity contribution in [2.75, 3.05) is 5.32 Å². The molecule has 4 nitrogen and oxygen atoms in total. The fourth-order valence-electron chi connectivity index (χ4n) is 2.36. The van der Waals surface area contributed by atoms with Crippen molar-refractivity contribution < 1.29 is 0 Å². The highest BCUT2D eigenvalue weighted by atomic mass is 32.1. The highest BCUT2D eigenvalue weighted by Gasteiger charge is 2.17. The van der Waals surface area contributed by atoms with Crippen LogP contribution in [0.15, 0.2) is 24.5 Å². The van der Waals surface area contributed by atoms with Gasteiger partial charge in [-0.3, -0.25) is 4.98 Å². The molecule has 1 atom stereocenters. The van der Waals surface area contributed by atoms with Crippen LogP contribution in [0.5, 0.6) is 0 Å². The Bertz CT molecular complexity index is 824. The monoisotopic (exact) mass is 326 g/mol. The first-order valence-corrected chi connectivity index (χ1v) is 8.73. The van der Waals surface area contributed by atoms with Gasteiger partial charge in [-0.25, -0.2) is 9.97 Å². The van der Waals surface area contributed by atoms with Gasteiger partial charge < -0.3 is 5.32 Å². The summed E-state index contributed by atoms with van der Waals surface area (Å²) in [7, 11) is 0.